The molecule has 1 amide bonds. The van der Waals surface area contributed by atoms with E-state index in [0.717, 1.165) is 18.5 Å². The first kappa shape index (κ1) is 16.2. The third-order valence-corrected chi connectivity index (χ3v) is 3.83. The van der Waals surface area contributed by atoms with Gasteiger partial charge in [-0.05, 0) is 25.3 Å². The average molecular weight is 308 g/mol. The summed E-state index contributed by atoms with van der Waals surface area (Å²) in [5, 5.41) is 8.95. The highest BCUT2D eigenvalue weighted by Crippen LogP contribution is 2.27. The first-order valence-electron chi connectivity index (χ1n) is 7.20. The highest BCUT2D eigenvalue weighted by Gasteiger charge is 2.28. The number of carbonyl (C=O) groups excluding carboxylic acids is 2. The molecule has 0 aliphatic heterocycles. The number of ether oxygens (including phenoxy) is 1. The Bertz CT molecular complexity index is 605. The first-order chi connectivity index (χ1) is 10.5. The van der Waals surface area contributed by atoms with E-state index in [9.17, 15) is 14.4 Å². The molecule has 1 aliphatic carbocycles. The molecule has 1 aromatic rings. The number of aromatic nitrogens is 1. The summed E-state index contributed by atoms with van der Waals surface area (Å²) in [6.07, 6.45) is 1.98. The Hall–Kier alpha value is -2.15. The molecule has 0 unspecified atom stereocenters. The molecule has 0 radical (unpaired) electrons. The van der Waals surface area contributed by atoms with Crippen molar-refractivity contribution < 1.29 is 24.2 Å². The van der Waals surface area contributed by atoms with Crippen LogP contribution < -0.4 is 0 Å². The Morgan fingerprint density at radius 3 is 2.68 bits per heavy atom. The van der Waals surface area contributed by atoms with E-state index >= 15 is 0 Å². The SMILES string of the molecule is COCCN(CC(=O)O)C(=O)c1[nH]c2c(c1C)C(=O)CCC2. The number of nitrogens with zero attached hydrogens (tertiary/aromatic N) is 1. The predicted molar refractivity (Wildman–Crippen MR) is 78.2 cm³/mol. The van der Waals surface area contributed by atoms with E-state index in [0.29, 0.717) is 23.2 Å². The average Bonchev–Trinajstić information content (AvgIpc) is 2.81. The molecule has 1 aliphatic rings. The minimum absolute atomic E-state index is 0.0377. The van der Waals surface area contributed by atoms with Gasteiger partial charge in [0.05, 0.1) is 6.61 Å². The molecule has 2 N–H and O–H groups in total. The summed E-state index contributed by atoms with van der Waals surface area (Å²) in [6, 6.07) is 0. The van der Waals surface area contributed by atoms with Crippen LogP contribution in [-0.2, 0) is 16.0 Å². The molecule has 0 spiro atoms. The van der Waals surface area contributed by atoms with E-state index in [1.165, 1.54) is 12.0 Å². The number of H-pyrrole nitrogens is 1. The molecule has 7 nitrogen and oxygen atoms in total. The van der Waals surface area contributed by atoms with Crippen LogP contribution in [0.25, 0.3) is 0 Å². The molecule has 0 fully saturated rings. The second-order valence-electron chi connectivity index (χ2n) is 5.37. The lowest BCUT2D eigenvalue weighted by atomic mass is 9.94. The lowest BCUT2D eigenvalue weighted by molar-refractivity contribution is -0.137. The zero-order chi connectivity index (χ0) is 16.3. The van der Waals surface area contributed by atoms with Crippen molar-refractivity contribution in [2.24, 2.45) is 0 Å². The van der Waals surface area contributed by atoms with Crippen LogP contribution >= 0.6 is 0 Å². The number of carboxylic acids is 1. The monoisotopic (exact) mass is 308 g/mol. The number of ketones is 1. The summed E-state index contributed by atoms with van der Waals surface area (Å²) < 4.78 is 4.92. The maximum Gasteiger partial charge on any atom is 0.323 e. The maximum absolute atomic E-state index is 12.6. The smallest absolute Gasteiger partial charge is 0.323 e. The number of hydrogen-bond donors (Lipinski definition) is 2. The molecule has 120 valence electrons. The van der Waals surface area contributed by atoms with E-state index in [-0.39, 0.29) is 18.9 Å². The van der Waals surface area contributed by atoms with Gasteiger partial charge in [0.15, 0.2) is 5.78 Å². The van der Waals surface area contributed by atoms with Crippen LogP contribution in [0.4, 0.5) is 0 Å². The number of Topliss-reactive ketones (excluding diaryl/α,β-unsaturated/α-hetero) is 1. The number of aryl methyl sites for hydroxylation is 1. The lowest BCUT2D eigenvalue weighted by Gasteiger charge is -2.20. The molecule has 0 aromatic carbocycles. The fourth-order valence-corrected chi connectivity index (χ4v) is 2.76. The first-order valence-corrected chi connectivity index (χ1v) is 7.20. The molecular weight excluding hydrogens is 288 g/mol. The second-order valence-corrected chi connectivity index (χ2v) is 5.37. The quantitative estimate of drug-likeness (QED) is 0.817. The van der Waals surface area contributed by atoms with Gasteiger partial charge in [0.25, 0.3) is 5.91 Å². The molecule has 22 heavy (non-hydrogen) atoms. The van der Waals surface area contributed by atoms with E-state index in [2.05, 4.69) is 4.98 Å². The van der Waals surface area contributed by atoms with Crippen molar-refractivity contribution in [2.75, 3.05) is 26.8 Å². The molecule has 0 bridgehead atoms. The van der Waals surface area contributed by atoms with Gasteiger partial charge in [-0.25, -0.2) is 0 Å². The van der Waals surface area contributed by atoms with Gasteiger partial charge in [-0.1, -0.05) is 0 Å². The van der Waals surface area contributed by atoms with Gasteiger partial charge in [0.2, 0.25) is 0 Å². The largest absolute Gasteiger partial charge is 0.480 e. The van der Waals surface area contributed by atoms with Crippen LogP contribution in [0.15, 0.2) is 0 Å². The van der Waals surface area contributed by atoms with Crippen molar-refractivity contribution in [3.63, 3.8) is 0 Å². The number of carboxylic acid groups (broad SMARTS) is 1. The zero-order valence-corrected chi connectivity index (χ0v) is 12.8. The van der Waals surface area contributed by atoms with Crippen molar-refractivity contribution in [1.29, 1.82) is 0 Å². The Kier molecular flexibility index (Phi) is 4.97. The molecule has 1 heterocycles. The van der Waals surface area contributed by atoms with Crippen molar-refractivity contribution in [3.05, 3.63) is 22.5 Å². The number of amides is 1. The van der Waals surface area contributed by atoms with E-state index < -0.39 is 18.4 Å². The number of rotatable bonds is 6. The number of methoxy groups -OCH3 is 1. The number of nitrogens with one attached hydrogen (secondary N) is 1. The number of aliphatic carboxylic acids is 1. The predicted octanol–water partition coefficient (Wildman–Crippen LogP) is 1.02. The van der Waals surface area contributed by atoms with Crippen molar-refractivity contribution >= 4 is 17.7 Å². The lowest BCUT2D eigenvalue weighted by Crippen LogP contribution is -2.38. The zero-order valence-electron chi connectivity index (χ0n) is 12.8. The number of fused-ring (bicyclic) bond motifs is 1. The second kappa shape index (κ2) is 6.74. The molecule has 0 saturated heterocycles. The molecule has 1 aromatic heterocycles. The summed E-state index contributed by atoms with van der Waals surface area (Å²) in [4.78, 5) is 39.8. The Balaban J connectivity index is 2.30. The molecular formula is C15H20N2O5. The van der Waals surface area contributed by atoms with E-state index in [1.54, 1.807) is 6.92 Å². The van der Waals surface area contributed by atoms with Crippen LogP contribution in [0.5, 0.6) is 0 Å². The van der Waals surface area contributed by atoms with Gasteiger partial charge >= 0.3 is 5.97 Å². The van der Waals surface area contributed by atoms with Gasteiger partial charge in [0.1, 0.15) is 12.2 Å². The fraction of sp³-hybridized carbons (Fsp3) is 0.533. The fourth-order valence-electron chi connectivity index (χ4n) is 2.76. The van der Waals surface area contributed by atoms with Crippen LogP contribution in [0.1, 0.15) is 44.9 Å². The van der Waals surface area contributed by atoms with Gasteiger partial charge in [0, 0.05) is 31.3 Å². The molecule has 0 saturated carbocycles. The topological polar surface area (TPSA) is 99.7 Å². The van der Waals surface area contributed by atoms with E-state index in [1.807, 2.05) is 0 Å². The Morgan fingerprint density at radius 2 is 2.09 bits per heavy atom. The summed E-state index contributed by atoms with van der Waals surface area (Å²) >= 11 is 0. The highest BCUT2D eigenvalue weighted by atomic mass is 16.5. The van der Waals surface area contributed by atoms with Gasteiger partial charge in [-0.15, -0.1) is 0 Å². The van der Waals surface area contributed by atoms with Crippen molar-refractivity contribution in [1.82, 2.24) is 9.88 Å². The minimum atomic E-state index is -1.09. The summed E-state index contributed by atoms with van der Waals surface area (Å²) in [5.41, 5.74) is 2.28. The van der Waals surface area contributed by atoms with Crippen LogP contribution in [0.2, 0.25) is 0 Å². The number of hydrogen-bond acceptors (Lipinski definition) is 4. The Morgan fingerprint density at radius 1 is 1.36 bits per heavy atom. The summed E-state index contributed by atoms with van der Waals surface area (Å²) in [6.45, 7) is 1.75. The van der Waals surface area contributed by atoms with Crippen LogP contribution in [0.3, 0.4) is 0 Å². The van der Waals surface area contributed by atoms with E-state index in [4.69, 9.17) is 9.84 Å². The molecule has 2 rings (SSSR count). The minimum Gasteiger partial charge on any atom is -0.480 e. The number of aromatic amines is 1. The van der Waals surface area contributed by atoms with Gasteiger partial charge in [-0.2, -0.15) is 0 Å². The number of carbonyl (C=O) groups is 3. The maximum atomic E-state index is 12.6. The third-order valence-electron chi connectivity index (χ3n) is 3.83. The van der Waals surface area contributed by atoms with Gasteiger partial charge in [-0.3, -0.25) is 14.4 Å². The standard InChI is InChI=1S/C15H20N2O5/c1-9-13-10(4-3-5-11(13)18)16-14(9)15(21)17(6-7-22-2)8-12(19)20/h16H,3-8H2,1-2H3,(H,19,20). The third kappa shape index (κ3) is 3.19. The summed E-state index contributed by atoms with van der Waals surface area (Å²) in [7, 11) is 1.49. The normalized spacial score (nSPS) is 13.8. The van der Waals surface area contributed by atoms with Crippen LogP contribution in [-0.4, -0.2) is 59.5 Å². The molecule has 7 heteroatoms. The highest BCUT2D eigenvalue weighted by molar-refractivity contribution is 6.04. The summed E-state index contributed by atoms with van der Waals surface area (Å²) in [5.74, 6) is -1.47. The van der Waals surface area contributed by atoms with Crippen molar-refractivity contribution in [3.8, 4) is 0 Å². The van der Waals surface area contributed by atoms with Gasteiger partial charge < -0.3 is 19.7 Å². The molecule has 0 atom stereocenters. The Labute approximate surface area is 128 Å². The van der Waals surface area contributed by atoms with Crippen molar-refractivity contribution in [2.45, 2.75) is 26.2 Å². The van der Waals surface area contributed by atoms with Crippen LogP contribution in [0, 0.1) is 6.92 Å².